The second-order valence-corrected chi connectivity index (χ2v) is 3.79. The van der Waals surface area contributed by atoms with Gasteiger partial charge in [0.15, 0.2) is 23.4 Å². The van der Waals surface area contributed by atoms with E-state index in [0.717, 1.165) is 0 Å². The zero-order valence-electron chi connectivity index (χ0n) is 9.66. The molecule has 1 aromatic carbocycles. The van der Waals surface area contributed by atoms with Crippen molar-refractivity contribution < 1.29 is 4.74 Å². The van der Waals surface area contributed by atoms with Crippen LogP contribution >= 0.6 is 0 Å². The fourth-order valence-corrected chi connectivity index (χ4v) is 1.94. The average molecular weight is 246 g/mol. The Bertz CT molecular complexity index is 692. The molecule has 0 bridgehead atoms. The lowest BCUT2D eigenvalue weighted by Gasteiger charge is -2.11. The Hall–Kier alpha value is -3.28. The molecule has 0 saturated heterocycles. The molecule has 0 aromatic heterocycles. The molecule has 0 aliphatic carbocycles. The maximum atomic E-state index is 8.95. The van der Waals surface area contributed by atoms with Crippen molar-refractivity contribution in [1.29, 1.82) is 21.0 Å². The molecule has 2 rings (SSSR count). The summed E-state index contributed by atoms with van der Waals surface area (Å²) in [5.41, 5.74) is 1.07. The van der Waals surface area contributed by atoms with Crippen LogP contribution in [0.4, 0.5) is 0 Å². The number of benzene rings is 1. The van der Waals surface area contributed by atoms with Gasteiger partial charge >= 0.3 is 0 Å². The van der Waals surface area contributed by atoms with E-state index in [9.17, 15) is 0 Å². The molecule has 19 heavy (non-hydrogen) atoms. The van der Waals surface area contributed by atoms with E-state index in [1.807, 2.05) is 12.1 Å². The van der Waals surface area contributed by atoms with E-state index >= 15 is 0 Å². The smallest absolute Gasteiger partial charge is 0.174 e. The molecule has 0 unspecified atom stereocenters. The normalized spacial score (nSPS) is 15.4. The summed E-state index contributed by atoms with van der Waals surface area (Å²) in [6, 6.07) is 14.1. The van der Waals surface area contributed by atoms with Crippen LogP contribution in [0, 0.1) is 51.2 Å². The second-order valence-electron chi connectivity index (χ2n) is 3.79. The molecule has 0 spiro atoms. The summed E-state index contributed by atoms with van der Waals surface area (Å²) in [5.74, 6) is -0.849. The number of hydrogen-bond acceptors (Lipinski definition) is 5. The summed E-state index contributed by atoms with van der Waals surface area (Å²) in [7, 11) is 0. The highest BCUT2D eigenvalue weighted by Gasteiger charge is 2.36. The molecule has 1 atom stereocenters. The molecule has 88 valence electrons. The monoisotopic (exact) mass is 246 g/mol. The highest BCUT2D eigenvalue weighted by molar-refractivity contribution is 5.75. The molecule has 0 fully saturated rings. The third kappa shape index (κ3) is 1.87. The van der Waals surface area contributed by atoms with E-state index in [1.54, 1.807) is 36.4 Å². The summed E-state index contributed by atoms with van der Waals surface area (Å²) in [6.07, 6.45) is -0.766. The number of hydrogen-bond donors (Lipinski definition) is 0. The van der Waals surface area contributed by atoms with Crippen LogP contribution in [0.2, 0.25) is 0 Å². The van der Waals surface area contributed by atoms with Crippen LogP contribution in [0.1, 0.15) is 17.2 Å². The molecule has 0 N–H and O–H groups in total. The van der Waals surface area contributed by atoms with Gasteiger partial charge in [0.25, 0.3) is 0 Å². The van der Waals surface area contributed by atoms with Crippen molar-refractivity contribution >= 4 is 5.76 Å². The highest BCUT2D eigenvalue weighted by Crippen LogP contribution is 2.43. The van der Waals surface area contributed by atoms with E-state index < -0.39 is 12.0 Å². The Morgan fingerprint density at radius 2 is 1.68 bits per heavy atom. The van der Waals surface area contributed by atoms with Crippen LogP contribution in [0.25, 0.3) is 5.76 Å². The van der Waals surface area contributed by atoms with Gasteiger partial charge in [-0.15, -0.1) is 0 Å². The number of nitrogens with zero attached hydrogens (tertiary/aromatic N) is 4. The number of allylic oxidation sites excluding steroid dienone is 1. The zero-order chi connectivity index (χ0) is 13.8. The Labute approximate surface area is 109 Å². The summed E-state index contributed by atoms with van der Waals surface area (Å²) in [6.45, 7) is 0. The molecule has 0 saturated carbocycles. The van der Waals surface area contributed by atoms with E-state index in [4.69, 9.17) is 25.8 Å². The van der Waals surface area contributed by atoms with E-state index in [0.29, 0.717) is 11.1 Å². The Morgan fingerprint density at radius 1 is 1.05 bits per heavy atom. The predicted molar refractivity (Wildman–Crippen MR) is 63.1 cm³/mol. The van der Waals surface area contributed by atoms with Crippen molar-refractivity contribution in [2.45, 2.75) is 6.10 Å². The molecule has 0 amide bonds. The maximum absolute atomic E-state index is 8.95. The summed E-state index contributed by atoms with van der Waals surface area (Å²) < 4.78 is 5.51. The van der Waals surface area contributed by atoms with Crippen LogP contribution < -0.4 is 0 Å². The van der Waals surface area contributed by atoms with Crippen LogP contribution in [-0.4, -0.2) is 0 Å². The van der Waals surface area contributed by atoms with Gasteiger partial charge in [-0.1, -0.05) is 24.3 Å². The molecule has 1 aliphatic rings. The van der Waals surface area contributed by atoms with Gasteiger partial charge in [0, 0.05) is 11.1 Å². The van der Waals surface area contributed by atoms with Crippen molar-refractivity contribution in [1.82, 2.24) is 0 Å². The lowest BCUT2D eigenvalue weighted by molar-refractivity contribution is 0.167. The molecule has 1 aliphatic heterocycles. The SMILES string of the molecule is N#CC(C#N)=C1O[C@H](C(C#N)C#N)c2ccccc21. The van der Waals surface area contributed by atoms with Gasteiger partial charge in [-0.2, -0.15) is 21.0 Å². The molecule has 1 heterocycles. The summed E-state index contributed by atoms with van der Waals surface area (Å²) in [5, 5.41) is 35.7. The van der Waals surface area contributed by atoms with Crippen LogP contribution in [0.15, 0.2) is 29.8 Å². The molecular weight excluding hydrogens is 240 g/mol. The fourth-order valence-electron chi connectivity index (χ4n) is 1.94. The lowest BCUT2D eigenvalue weighted by Crippen LogP contribution is -2.07. The van der Waals surface area contributed by atoms with E-state index in [-0.39, 0.29) is 11.3 Å². The van der Waals surface area contributed by atoms with Gasteiger partial charge < -0.3 is 4.74 Å². The van der Waals surface area contributed by atoms with E-state index in [2.05, 4.69) is 0 Å². The Balaban J connectivity index is 2.63. The summed E-state index contributed by atoms with van der Waals surface area (Å²) in [4.78, 5) is 0. The van der Waals surface area contributed by atoms with E-state index in [1.165, 1.54) is 0 Å². The van der Waals surface area contributed by atoms with Crippen LogP contribution in [0.5, 0.6) is 0 Å². The molecule has 5 nitrogen and oxygen atoms in total. The van der Waals surface area contributed by atoms with Gasteiger partial charge in [-0.05, 0) is 0 Å². The molecule has 1 aromatic rings. The first-order valence-corrected chi connectivity index (χ1v) is 5.36. The quantitative estimate of drug-likeness (QED) is 0.706. The molecule has 0 radical (unpaired) electrons. The largest absolute Gasteiger partial charge is 0.480 e. The predicted octanol–water partition coefficient (Wildman–Crippen LogP) is 2.18. The van der Waals surface area contributed by atoms with Crippen molar-refractivity contribution in [3.8, 4) is 24.3 Å². The molecular formula is C14H6N4O. The first kappa shape index (κ1) is 12.2. The first-order valence-electron chi connectivity index (χ1n) is 5.36. The second kappa shape index (κ2) is 4.92. The van der Waals surface area contributed by atoms with Crippen molar-refractivity contribution in [3.05, 3.63) is 41.0 Å². The number of nitriles is 4. The van der Waals surface area contributed by atoms with Crippen molar-refractivity contribution in [2.24, 2.45) is 5.92 Å². The minimum absolute atomic E-state index is 0.140. The summed E-state index contributed by atoms with van der Waals surface area (Å²) >= 11 is 0. The highest BCUT2D eigenvalue weighted by atomic mass is 16.5. The van der Waals surface area contributed by atoms with Gasteiger partial charge in [0.05, 0.1) is 12.1 Å². The third-order valence-corrected chi connectivity index (χ3v) is 2.79. The van der Waals surface area contributed by atoms with Gasteiger partial charge in [0.2, 0.25) is 0 Å². The average Bonchev–Trinajstić information content (AvgIpc) is 2.82. The maximum Gasteiger partial charge on any atom is 0.174 e. The minimum atomic E-state index is -0.989. The van der Waals surface area contributed by atoms with Crippen molar-refractivity contribution in [2.75, 3.05) is 0 Å². The Kier molecular flexibility index (Phi) is 3.16. The minimum Gasteiger partial charge on any atom is -0.480 e. The van der Waals surface area contributed by atoms with Crippen LogP contribution in [0.3, 0.4) is 0 Å². The standard InChI is InChI=1S/C14H6N4O/c15-5-9(6-16)13-11-3-1-2-4-12(11)14(19-13)10(7-17)8-18/h1-4,9,13H/t13-/m1/s1. The third-order valence-electron chi connectivity index (χ3n) is 2.79. The molecule has 5 heteroatoms. The van der Waals surface area contributed by atoms with Crippen molar-refractivity contribution in [3.63, 3.8) is 0 Å². The number of fused-ring (bicyclic) bond motifs is 1. The van der Waals surface area contributed by atoms with Gasteiger partial charge in [-0.3, -0.25) is 0 Å². The van der Waals surface area contributed by atoms with Gasteiger partial charge in [-0.25, -0.2) is 0 Å². The zero-order valence-corrected chi connectivity index (χ0v) is 9.66. The lowest BCUT2D eigenvalue weighted by atomic mass is 9.95. The Morgan fingerprint density at radius 3 is 2.26 bits per heavy atom. The van der Waals surface area contributed by atoms with Crippen LogP contribution in [-0.2, 0) is 4.74 Å². The topological polar surface area (TPSA) is 104 Å². The fraction of sp³-hybridized carbons (Fsp3) is 0.143. The first-order chi connectivity index (χ1) is 9.26. The number of rotatable bonds is 1. The number of ether oxygens (including phenoxy) is 1. The van der Waals surface area contributed by atoms with Gasteiger partial charge in [0.1, 0.15) is 12.1 Å².